The number of nitriles is 1. The summed E-state index contributed by atoms with van der Waals surface area (Å²) < 4.78 is 3.35. The molecule has 7 heteroatoms. The van der Waals surface area contributed by atoms with Gasteiger partial charge < -0.3 is 0 Å². The molecule has 6 aromatic rings. The first-order valence-corrected chi connectivity index (χ1v) is 11.7. The van der Waals surface area contributed by atoms with Gasteiger partial charge in [-0.2, -0.15) is 5.26 Å². The lowest BCUT2D eigenvalue weighted by atomic mass is 9.86. The van der Waals surface area contributed by atoms with E-state index in [4.69, 9.17) is 0 Å². The first-order chi connectivity index (χ1) is 17.4. The quantitative estimate of drug-likeness (QED) is 0.282. The van der Waals surface area contributed by atoms with Crippen LogP contribution in [0.4, 0.5) is 0 Å². The second kappa shape index (κ2) is 8.88. The van der Waals surface area contributed by atoms with E-state index in [0.717, 1.165) is 55.2 Å². The standard InChI is InChI=1S/C30H23N5O.ClH/c1-30(2,18-31)22-9-11-23(12-10-22)35-28-24-15-19(21-14-20-6-4-5-7-25(20)32-16-21)8-13-26(24)33-17-27(28)34(3)29(35)36;/h4-17H,1-3H3;1H. The second-order valence-electron chi connectivity index (χ2n) is 9.60. The lowest BCUT2D eigenvalue weighted by Gasteiger charge is -2.16. The van der Waals surface area contributed by atoms with Crippen LogP contribution in [-0.4, -0.2) is 19.1 Å². The third-order valence-corrected chi connectivity index (χ3v) is 6.93. The zero-order chi connectivity index (χ0) is 25.0. The number of imidazole rings is 1. The lowest BCUT2D eigenvalue weighted by Crippen LogP contribution is -2.21. The molecule has 182 valence electrons. The zero-order valence-electron chi connectivity index (χ0n) is 20.6. The van der Waals surface area contributed by atoms with Crippen molar-refractivity contribution in [3.05, 3.63) is 101 Å². The Morgan fingerprint density at radius 1 is 0.865 bits per heavy atom. The molecule has 0 atom stereocenters. The zero-order valence-corrected chi connectivity index (χ0v) is 21.5. The highest BCUT2D eigenvalue weighted by atomic mass is 35.5. The van der Waals surface area contributed by atoms with E-state index in [1.807, 2.05) is 74.6 Å². The number of aromatic nitrogens is 4. The average Bonchev–Trinajstić information content (AvgIpc) is 3.18. The minimum atomic E-state index is -0.609. The van der Waals surface area contributed by atoms with Crippen LogP contribution in [0, 0.1) is 11.3 Å². The Morgan fingerprint density at radius 3 is 2.35 bits per heavy atom. The van der Waals surface area contributed by atoms with Crippen LogP contribution in [0.1, 0.15) is 19.4 Å². The number of hydrogen-bond donors (Lipinski definition) is 0. The van der Waals surface area contributed by atoms with Crippen LogP contribution in [-0.2, 0) is 12.5 Å². The fourth-order valence-corrected chi connectivity index (χ4v) is 4.74. The van der Waals surface area contributed by atoms with E-state index in [1.54, 1.807) is 22.4 Å². The van der Waals surface area contributed by atoms with Crippen molar-refractivity contribution in [3.63, 3.8) is 0 Å². The minimum Gasteiger partial charge on any atom is -0.293 e. The molecule has 0 radical (unpaired) electrons. The molecule has 6 nitrogen and oxygen atoms in total. The molecular weight excluding hydrogens is 482 g/mol. The van der Waals surface area contributed by atoms with Gasteiger partial charge in [-0.3, -0.25) is 19.1 Å². The monoisotopic (exact) mass is 505 g/mol. The molecule has 3 heterocycles. The van der Waals surface area contributed by atoms with Crippen LogP contribution in [0.2, 0.25) is 0 Å². The molecule has 0 spiro atoms. The molecular formula is C30H24ClN5O. The average molecular weight is 506 g/mol. The van der Waals surface area contributed by atoms with Crippen LogP contribution in [0.15, 0.2) is 90.0 Å². The van der Waals surface area contributed by atoms with Crippen molar-refractivity contribution in [2.75, 3.05) is 0 Å². The summed E-state index contributed by atoms with van der Waals surface area (Å²) in [4.78, 5) is 22.7. The van der Waals surface area contributed by atoms with Crippen molar-refractivity contribution >= 4 is 45.2 Å². The maximum Gasteiger partial charge on any atom is 0.333 e. The Morgan fingerprint density at radius 2 is 1.59 bits per heavy atom. The molecule has 0 aliphatic heterocycles. The SMILES string of the molecule is Cl.Cn1c(=O)n(-c2ccc(C(C)(C)C#N)cc2)c2c3cc(-c4cnc5ccccc5c4)ccc3ncc21. The smallest absolute Gasteiger partial charge is 0.293 e. The first-order valence-electron chi connectivity index (χ1n) is 11.7. The number of benzene rings is 3. The second-order valence-corrected chi connectivity index (χ2v) is 9.60. The summed E-state index contributed by atoms with van der Waals surface area (Å²) in [5, 5.41) is 11.5. The molecule has 0 fully saturated rings. The van der Waals surface area contributed by atoms with Crippen LogP contribution < -0.4 is 5.69 Å². The predicted molar refractivity (Wildman–Crippen MR) is 150 cm³/mol. The van der Waals surface area contributed by atoms with Crippen LogP contribution in [0.25, 0.3) is 49.7 Å². The number of fused-ring (bicyclic) bond motifs is 4. The highest BCUT2D eigenvalue weighted by molar-refractivity contribution is 6.04. The van der Waals surface area contributed by atoms with Gasteiger partial charge in [0, 0.05) is 29.6 Å². The van der Waals surface area contributed by atoms with E-state index in [1.165, 1.54) is 0 Å². The third kappa shape index (κ3) is 3.85. The van der Waals surface area contributed by atoms with Gasteiger partial charge in [0.1, 0.15) is 0 Å². The summed E-state index contributed by atoms with van der Waals surface area (Å²) in [5.74, 6) is 0. The molecule has 3 aromatic heterocycles. The largest absolute Gasteiger partial charge is 0.333 e. The Bertz CT molecular complexity index is 1910. The number of nitrogens with zero attached hydrogens (tertiary/aromatic N) is 5. The Kier molecular flexibility index (Phi) is 5.82. The van der Waals surface area contributed by atoms with Crippen molar-refractivity contribution in [3.8, 4) is 22.9 Å². The number of aryl methyl sites for hydroxylation is 1. The van der Waals surface area contributed by atoms with E-state index in [9.17, 15) is 10.1 Å². The number of rotatable bonds is 3. The maximum absolute atomic E-state index is 13.4. The molecule has 0 saturated heterocycles. The van der Waals surface area contributed by atoms with Gasteiger partial charge in [-0.15, -0.1) is 12.4 Å². The minimum absolute atomic E-state index is 0. The van der Waals surface area contributed by atoms with Crippen LogP contribution in [0.3, 0.4) is 0 Å². The summed E-state index contributed by atoms with van der Waals surface area (Å²) in [7, 11) is 1.76. The fourth-order valence-electron chi connectivity index (χ4n) is 4.74. The predicted octanol–water partition coefficient (Wildman–Crippen LogP) is 6.32. The molecule has 0 N–H and O–H groups in total. The normalized spacial score (nSPS) is 11.5. The Labute approximate surface area is 219 Å². The van der Waals surface area contributed by atoms with E-state index in [-0.39, 0.29) is 18.1 Å². The third-order valence-electron chi connectivity index (χ3n) is 6.93. The van der Waals surface area contributed by atoms with Crippen molar-refractivity contribution in [2.45, 2.75) is 19.3 Å². The molecule has 0 amide bonds. The van der Waals surface area contributed by atoms with E-state index < -0.39 is 5.41 Å². The highest BCUT2D eigenvalue weighted by Gasteiger charge is 2.21. The summed E-state index contributed by atoms with van der Waals surface area (Å²) in [6, 6.07) is 26.2. The number of hydrogen-bond acceptors (Lipinski definition) is 4. The fraction of sp³-hybridized carbons (Fsp3) is 0.133. The number of para-hydroxylation sites is 1. The summed E-state index contributed by atoms with van der Waals surface area (Å²) in [5.41, 5.74) is 6.20. The Balaban J connectivity index is 0.00000280. The van der Waals surface area contributed by atoms with Gasteiger partial charge in [-0.25, -0.2) is 4.79 Å². The highest BCUT2D eigenvalue weighted by Crippen LogP contribution is 2.31. The molecule has 0 aliphatic carbocycles. The molecule has 37 heavy (non-hydrogen) atoms. The lowest BCUT2D eigenvalue weighted by molar-refractivity contribution is 0.686. The first kappa shape index (κ1) is 24.2. The van der Waals surface area contributed by atoms with Crippen molar-refractivity contribution < 1.29 is 0 Å². The molecule has 0 bridgehead atoms. The Hall–Kier alpha value is -4.47. The molecule has 3 aromatic carbocycles. The van der Waals surface area contributed by atoms with Crippen LogP contribution in [0.5, 0.6) is 0 Å². The van der Waals surface area contributed by atoms with E-state index in [0.29, 0.717) is 0 Å². The topological polar surface area (TPSA) is 76.5 Å². The van der Waals surface area contributed by atoms with Gasteiger partial charge in [0.2, 0.25) is 0 Å². The van der Waals surface area contributed by atoms with Gasteiger partial charge in [-0.05, 0) is 61.4 Å². The van der Waals surface area contributed by atoms with Crippen molar-refractivity contribution in [1.82, 2.24) is 19.1 Å². The van der Waals surface area contributed by atoms with Gasteiger partial charge in [0.15, 0.2) is 0 Å². The maximum atomic E-state index is 13.4. The number of halogens is 1. The van der Waals surface area contributed by atoms with Crippen molar-refractivity contribution in [1.29, 1.82) is 5.26 Å². The van der Waals surface area contributed by atoms with Gasteiger partial charge in [-0.1, -0.05) is 36.4 Å². The van der Waals surface area contributed by atoms with Gasteiger partial charge in [0.05, 0.1) is 45.4 Å². The molecule has 6 rings (SSSR count). The molecule has 0 saturated carbocycles. The summed E-state index contributed by atoms with van der Waals surface area (Å²) >= 11 is 0. The van der Waals surface area contributed by atoms with Crippen LogP contribution >= 0.6 is 12.4 Å². The molecule has 0 aliphatic rings. The van der Waals surface area contributed by atoms with Gasteiger partial charge >= 0.3 is 5.69 Å². The molecule has 0 unspecified atom stereocenters. The van der Waals surface area contributed by atoms with E-state index >= 15 is 0 Å². The van der Waals surface area contributed by atoms with Gasteiger partial charge in [0.25, 0.3) is 0 Å². The number of pyridine rings is 2. The summed E-state index contributed by atoms with van der Waals surface area (Å²) in [6.07, 6.45) is 3.63. The van der Waals surface area contributed by atoms with E-state index in [2.05, 4.69) is 34.2 Å². The van der Waals surface area contributed by atoms with Crippen molar-refractivity contribution in [2.24, 2.45) is 7.05 Å². The summed E-state index contributed by atoms with van der Waals surface area (Å²) in [6.45, 7) is 3.77.